The number of hydrogen-bond donors (Lipinski definition) is 0. The van der Waals surface area contributed by atoms with Crippen molar-refractivity contribution in [3.05, 3.63) is 437 Å². The lowest BCUT2D eigenvalue weighted by Gasteiger charge is -2.10. The quantitative estimate of drug-likeness (QED) is 0.118. The Hall–Kier alpha value is -16.7. The first-order valence-corrected chi connectivity index (χ1v) is 46.4. The van der Waals surface area contributed by atoms with Crippen molar-refractivity contribution < 1.29 is 13.3 Å². The molecule has 18 aromatic carbocycles. The normalized spacial score (nSPS) is 11.6. The number of nitrogens with zero attached hydrogens (tertiary/aromatic N) is 6. The number of thiophene rings is 3. The molecule has 0 N–H and O–H groups in total. The van der Waals surface area contributed by atoms with Crippen LogP contribution in [0.4, 0.5) is 0 Å². The Morgan fingerprint density at radius 2 is 0.447 bits per heavy atom. The molecule has 9 aromatic heterocycles. The molecule has 12 heteroatoms. The summed E-state index contributed by atoms with van der Waals surface area (Å²) < 4.78 is 27.2. The molecule has 0 saturated carbocycles. The van der Waals surface area contributed by atoms with E-state index in [2.05, 4.69) is 385 Å². The van der Waals surface area contributed by atoms with Gasteiger partial charge in [0.05, 0.1) is 0 Å². The lowest BCUT2D eigenvalue weighted by molar-refractivity contribution is 0.667. The molecular weight excluding hydrogens is 1670 g/mol. The lowest BCUT2D eigenvalue weighted by Crippen LogP contribution is -1.94. The minimum atomic E-state index is 0.671. The Labute approximate surface area is 769 Å². The number of rotatable bonds is 12. The van der Waals surface area contributed by atoms with Gasteiger partial charge in [0, 0.05) is 98.9 Å². The molecule has 0 spiro atoms. The van der Waals surface area contributed by atoms with Gasteiger partial charge in [-0.05, 0) is 174 Å². The Kier molecular flexibility index (Phi) is 19.3. The molecule has 27 aromatic rings. The van der Waals surface area contributed by atoms with E-state index in [0.29, 0.717) is 22.6 Å². The molecule has 0 radical (unpaired) electrons. The predicted octanol–water partition coefficient (Wildman–Crippen LogP) is 34.2. The van der Waals surface area contributed by atoms with Gasteiger partial charge in [0.2, 0.25) is 0 Å². The van der Waals surface area contributed by atoms with Crippen molar-refractivity contribution in [1.29, 1.82) is 0 Å². The Bertz CT molecular complexity index is 9190. The number of furan rings is 3. The molecule has 0 fully saturated rings. The first-order valence-electron chi connectivity index (χ1n) is 43.9. The fourth-order valence-corrected chi connectivity index (χ4v) is 22.4. The van der Waals surface area contributed by atoms with Crippen molar-refractivity contribution in [2.75, 3.05) is 0 Å². The van der Waals surface area contributed by atoms with Gasteiger partial charge in [0.25, 0.3) is 0 Å². The standard InChI is InChI=1S/C46H28N2OS.C40H24N2OS.C34H20N2OS/c1-3-12-29(13-4-1)33-24-25-40-39(28-33)43-44(49-40)42(47-46(48-43)30-14-5-2-6-15-30)35-19-10-17-32(27-35)31-16-9-18-34(26-31)36-21-11-22-38-37-20-7-8-23-41(37)50-45(36)38;1-2-9-25(10-3-1)28-19-20-35-34(23-28)38-39(43-35)37(41-24-42-38)30-14-7-12-27(22-30)26-11-6-13-29(21-26)31-16-8-17-33-32-15-4-5-18-36(32)44-40(31)33;1-2-8-21(9-3-1)22-16-17-29-28(19-22)32-33(37-29)31(35-20-36-32)24-11-6-10-23(18-24)25-13-7-14-27-26-12-4-5-15-30(26)38-34(25)27/h1-28H;1-24H;1-20H. The predicted molar refractivity (Wildman–Crippen MR) is 552 cm³/mol. The monoisotopic (exact) mass is 1740 g/mol. The first kappa shape index (κ1) is 77.6. The van der Waals surface area contributed by atoms with Crippen LogP contribution in [0.15, 0.2) is 451 Å². The molecule has 0 aliphatic carbocycles. The van der Waals surface area contributed by atoms with Gasteiger partial charge in [-0.1, -0.05) is 340 Å². The van der Waals surface area contributed by atoms with Crippen LogP contribution in [0.1, 0.15) is 0 Å². The maximum absolute atomic E-state index is 6.58. The highest BCUT2D eigenvalue weighted by atomic mass is 32.1. The fourth-order valence-electron chi connectivity index (χ4n) is 18.7. The van der Waals surface area contributed by atoms with Gasteiger partial charge in [0.15, 0.2) is 22.6 Å². The highest BCUT2D eigenvalue weighted by Gasteiger charge is 2.24. The number of fused-ring (bicyclic) bond motifs is 18. The summed E-state index contributed by atoms with van der Waals surface area (Å²) in [6, 6.07) is 149. The first-order chi connectivity index (χ1) is 65.4. The third kappa shape index (κ3) is 14.0. The number of hydrogen-bond acceptors (Lipinski definition) is 12. The van der Waals surface area contributed by atoms with Gasteiger partial charge in [-0.2, -0.15) is 0 Å². The summed E-state index contributed by atoms with van der Waals surface area (Å²) in [5.41, 5.74) is 32.0. The van der Waals surface area contributed by atoms with E-state index in [1.807, 2.05) is 88.6 Å². The molecule has 132 heavy (non-hydrogen) atoms. The minimum Gasteiger partial charge on any atom is -0.452 e. The maximum Gasteiger partial charge on any atom is 0.180 e. The van der Waals surface area contributed by atoms with Gasteiger partial charge in [0.1, 0.15) is 63.0 Å². The molecule has 618 valence electrons. The molecule has 9 nitrogen and oxygen atoms in total. The average molecular weight is 1740 g/mol. The van der Waals surface area contributed by atoms with Crippen molar-refractivity contribution in [2.24, 2.45) is 0 Å². The van der Waals surface area contributed by atoms with E-state index >= 15 is 0 Å². The van der Waals surface area contributed by atoms with Crippen LogP contribution in [0, 0.1) is 0 Å². The molecule has 0 amide bonds. The Morgan fingerprint density at radius 1 is 0.174 bits per heavy atom. The zero-order valence-electron chi connectivity index (χ0n) is 70.7. The van der Waals surface area contributed by atoms with Crippen molar-refractivity contribution in [1.82, 2.24) is 29.9 Å². The van der Waals surface area contributed by atoms with E-state index in [9.17, 15) is 0 Å². The van der Waals surface area contributed by atoms with Crippen LogP contribution in [0.3, 0.4) is 0 Å². The van der Waals surface area contributed by atoms with Crippen LogP contribution in [-0.2, 0) is 0 Å². The average Bonchev–Trinajstić information content (AvgIpc) is 1.59. The third-order valence-corrected chi connectivity index (χ3v) is 28.8. The van der Waals surface area contributed by atoms with Crippen LogP contribution in [-0.4, -0.2) is 29.9 Å². The molecule has 0 unspecified atom stereocenters. The SMILES string of the molecule is c1ccc(-c2ccc3oc4c(-c5cccc(-c6cccc(-c7cccc8c7sc7ccccc78)c6)c5)nc(-c5ccccc5)nc4c3c2)cc1.c1ccc(-c2ccc3oc4c(-c5cccc(-c6cccc(-c7cccc8c7sc7ccccc78)c6)c5)ncnc4c3c2)cc1.c1ccc(-c2ccc3oc4c(-c5cccc(-c6cccc7c6sc6ccccc67)c5)ncnc4c3c2)cc1. The van der Waals surface area contributed by atoms with E-state index in [1.165, 1.54) is 93.9 Å². The van der Waals surface area contributed by atoms with Crippen molar-refractivity contribution in [3.63, 3.8) is 0 Å². The van der Waals surface area contributed by atoms with Crippen LogP contribution < -0.4 is 0 Å². The summed E-state index contributed by atoms with van der Waals surface area (Å²) in [7, 11) is 0. The molecule has 0 aliphatic rings. The van der Waals surface area contributed by atoms with Gasteiger partial charge in [-0.3, -0.25) is 0 Å². The third-order valence-electron chi connectivity index (χ3n) is 25.1. The van der Waals surface area contributed by atoms with Crippen molar-refractivity contribution in [2.45, 2.75) is 0 Å². The summed E-state index contributed by atoms with van der Waals surface area (Å²) in [4.78, 5) is 29.0. The van der Waals surface area contributed by atoms with Gasteiger partial charge < -0.3 is 13.3 Å². The Morgan fingerprint density at radius 3 is 0.826 bits per heavy atom. The van der Waals surface area contributed by atoms with Crippen molar-refractivity contribution in [3.8, 4) is 134 Å². The summed E-state index contributed by atoms with van der Waals surface area (Å²) in [6.07, 6.45) is 3.28. The van der Waals surface area contributed by atoms with Crippen LogP contribution >= 0.6 is 34.0 Å². The highest BCUT2D eigenvalue weighted by Crippen LogP contribution is 2.48. The summed E-state index contributed by atoms with van der Waals surface area (Å²) in [5, 5.41) is 10.8. The number of aromatic nitrogens is 6. The number of benzene rings is 18. The second kappa shape index (κ2) is 32.8. The van der Waals surface area contributed by atoms with Gasteiger partial charge in [-0.25, -0.2) is 29.9 Å². The fraction of sp³-hybridized carbons (Fsp3) is 0. The largest absolute Gasteiger partial charge is 0.452 e. The van der Waals surface area contributed by atoms with Gasteiger partial charge in [-0.15, -0.1) is 34.0 Å². The summed E-state index contributed by atoms with van der Waals surface area (Å²) >= 11 is 5.57. The minimum absolute atomic E-state index is 0.671. The highest BCUT2D eigenvalue weighted by molar-refractivity contribution is 7.27. The zero-order chi connectivity index (χ0) is 87.1. The molecular formula is C120H72N6O3S3. The van der Waals surface area contributed by atoms with Crippen LogP contribution in [0.2, 0.25) is 0 Å². The van der Waals surface area contributed by atoms with Crippen LogP contribution in [0.5, 0.6) is 0 Å². The second-order valence-electron chi connectivity index (χ2n) is 33.0. The molecule has 0 saturated heterocycles. The second-order valence-corrected chi connectivity index (χ2v) is 36.2. The molecule has 0 bridgehead atoms. The van der Waals surface area contributed by atoms with E-state index in [0.717, 1.165) is 144 Å². The van der Waals surface area contributed by atoms with Crippen molar-refractivity contribution >= 4 is 161 Å². The topological polar surface area (TPSA) is 117 Å². The van der Waals surface area contributed by atoms with Crippen LogP contribution in [0.25, 0.3) is 261 Å². The Balaban J connectivity index is 0.000000107. The lowest BCUT2D eigenvalue weighted by atomic mass is 9.96. The maximum atomic E-state index is 6.58. The van der Waals surface area contributed by atoms with E-state index in [1.54, 1.807) is 12.7 Å². The van der Waals surface area contributed by atoms with E-state index in [4.69, 9.17) is 28.2 Å². The van der Waals surface area contributed by atoms with Gasteiger partial charge >= 0.3 is 0 Å². The van der Waals surface area contributed by atoms with E-state index < -0.39 is 0 Å². The molecule has 9 heterocycles. The van der Waals surface area contributed by atoms with E-state index in [-0.39, 0.29) is 0 Å². The molecule has 0 aliphatic heterocycles. The molecule has 27 rings (SSSR count). The summed E-state index contributed by atoms with van der Waals surface area (Å²) in [5.74, 6) is 0.671. The smallest absolute Gasteiger partial charge is 0.180 e. The molecule has 0 atom stereocenters. The summed E-state index contributed by atoms with van der Waals surface area (Å²) in [6.45, 7) is 0. The zero-order valence-corrected chi connectivity index (χ0v) is 73.2.